The molecule has 0 bridgehead atoms. The smallest absolute Gasteiger partial charge is 0.264 e. The summed E-state index contributed by atoms with van der Waals surface area (Å²) in [6, 6.07) is 0. The van der Waals surface area contributed by atoms with Crippen LogP contribution in [-0.2, 0) is 10.4 Å². The van der Waals surface area contributed by atoms with Crippen molar-refractivity contribution in [3.63, 3.8) is 0 Å². The first-order valence-electron chi connectivity index (χ1n) is 9.76. The second kappa shape index (κ2) is 21.7. The molecular formula is C18H37NaO4S. The van der Waals surface area contributed by atoms with Crippen molar-refractivity contribution in [2.45, 2.75) is 100 Å². The van der Waals surface area contributed by atoms with Gasteiger partial charge in [-0.2, -0.15) is 8.42 Å². The number of rotatable bonds is 15. The molecule has 0 aliphatic rings. The third-order valence-electron chi connectivity index (χ3n) is 3.87. The Morgan fingerprint density at radius 1 is 0.708 bits per heavy atom. The molecule has 0 saturated heterocycles. The monoisotopic (exact) mass is 372 g/mol. The van der Waals surface area contributed by atoms with Crippen LogP contribution in [0.1, 0.15) is 96.8 Å². The van der Waals surface area contributed by atoms with Gasteiger partial charge in [-0.3, -0.25) is 9.11 Å². The number of hydrogen-bond acceptors (Lipinski definition) is 2. The first-order chi connectivity index (χ1) is 11.4. The molecule has 0 unspecified atom stereocenters. The Labute approximate surface area is 167 Å². The minimum atomic E-state index is -4.67. The number of unbranched alkanes of at least 4 members (excludes halogenated alkanes) is 12. The van der Waals surface area contributed by atoms with E-state index in [2.05, 4.69) is 19.1 Å². The Morgan fingerprint density at radius 2 is 1.04 bits per heavy atom. The van der Waals surface area contributed by atoms with Gasteiger partial charge in [0.15, 0.2) is 0 Å². The Kier molecular flexibility index (Phi) is 24.2. The molecule has 24 heavy (non-hydrogen) atoms. The number of allylic oxidation sites excluding steroid dienone is 2. The third-order valence-corrected chi connectivity index (χ3v) is 4.57. The number of hydrogen-bond donors (Lipinski definition) is 2. The van der Waals surface area contributed by atoms with Gasteiger partial charge < -0.3 is 0 Å². The third kappa shape index (κ3) is 38.3. The van der Waals surface area contributed by atoms with E-state index in [9.17, 15) is 0 Å². The van der Waals surface area contributed by atoms with E-state index in [-0.39, 0.29) is 0 Å². The Bertz CT molecular complexity index is 348. The van der Waals surface area contributed by atoms with Crippen molar-refractivity contribution < 1.29 is 17.5 Å². The minimum Gasteiger partial charge on any atom is -0.264 e. The molecule has 0 amide bonds. The zero-order valence-electron chi connectivity index (χ0n) is 15.9. The molecular weight excluding hydrogens is 335 g/mol. The summed E-state index contributed by atoms with van der Waals surface area (Å²) in [5.74, 6) is 0. The summed E-state index contributed by atoms with van der Waals surface area (Å²) in [7, 11) is -4.67. The maximum atomic E-state index is 8.74. The van der Waals surface area contributed by atoms with Crippen molar-refractivity contribution in [3.8, 4) is 0 Å². The van der Waals surface area contributed by atoms with Crippen molar-refractivity contribution in [3.05, 3.63) is 12.2 Å². The van der Waals surface area contributed by atoms with Gasteiger partial charge in [0.25, 0.3) is 0 Å². The van der Waals surface area contributed by atoms with Crippen LogP contribution in [0.25, 0.3) is 0 Å². The molecule has 0 spiro atoms. The summed E-state index contributed by atoms with van der Waals surface area (Å²) in [6.07, 6.45) is 24.8. The van der Waals surface area contributed by atoms with Crippen LogP contribution in [0, 0.1) is 0 Å². The summed E-state index contributed by atoms with van der Waals surface area (Å²) in [5.41, 5.74) is 0. The van der Waals surface area contributed by atoms with Crippen molar-refractivity contribution >= 4 is 38.3 Å². The van der Waals surface area contributed by atoms with Gasteiger partial charge in [-0.1, -0.05) is 39.0 Å². The fourth-order valence-corrected chi connectivity index (χ4v) is 3.00. The molecule has 0 aromatic rings. The zero-order chi connectivity index (χ0) is 18.5. The molecule has 0 aromatic carbocycles. The first-order valence-corrected chi connectivity index (χ1v) is 12.6. The summed E-state index contributed by atoms with van der Waals surface area (Å²) in [5, 5.41) is 0. The van der Waals surface area contributed by atoms with Crippen LogP contribution in [-0.4, -0.2) is 45.5 Å². The fourth-order valence-electron chi connectivity index (χ4n) is 2.50. The molecule has 0 rings (SSSR count). The molecule has 0 aliphatic heterocycles. The van der Waals surface area contributed by atoms with Gasteiger partial charge in [0.1, 0.15) is 0 Å². The molecule has 0 heterocycles. The Hall–Kier alpha value is 0.610. The van der Waals surface area contributed by atoms with E-state index in [1.807, 2.05) is 0 Å². The Balaban J connectivity index is 0. The molecule has 2 N–H and O–H groups in total. The fraction of sp³-hybridized carbons (Fsp3) is 0.889. The van der Waals surface area contributed by atoms with Gasteiger partial charge in [0.05, 0.1) is 0 Å². The largest absolute Gasteiger partial charge is 0.394 e. The average Bonchev–Trinajstić information content (AvgIpc) is 2.49. The van der Waals surface area contributed by atoms with Crippen LogP contribution in [0.3, 0.4) is 0 Å². The van der Waals surface area contributed by atoms with E-state index in [4.69, 9.17) is 17.5 Å². The molecule has 6 heteroatoms. The Morgan fingerprint density at radius 3 is 1.42 bits per heavy atom. The van der Waals surface area contributed by atoms with Crippen molar-refractivity contribution in [1.82, 2.24) is 0 Å². The first kappa shape index (κ1) is 26.8. The van der Waals surface area contributed by atoms with Crippen LogP contribution in [0.15, 0.2) is 12.2 Å². The molecule has 4 nitrogen and oxygen atoms in total. The van der Waals surface area contributed by atoms with E-state index in [0.717, 1.165) is 0 Å². The van der Waals surface area contributed by atoms with Crippen LogP contribution in [0.2, 0.25) is 3.67 Å². The van der Waals surface area contributed by atoms with Gasteiger partial charge in [0, 0.05) is 0 Å². The molecule has 0 fully saturated rings. The molecule has 0 saturated carbocycles. The van der Waals surface area contributed by atoms with Crippen LogP contribution in [0.5, 0.6) is 0 Å². The maximum absolute atomic E-state index is 8.74. The summed E-state index contributed by atoms with van der Waals surface area (Å²) in [6.45, 7) is 2.29. The second-order valence-electron chi connectivity index (χ2n) is 6.39. The predicted molar refractivity (Wildman–Crippen MR) is 104 cm³/mol. The van der Waals surface area contributed by atoms with Crippen molar-refractivity contribution in [1.29, 1.82) is 0 Å². The van der Waals surface area contributed by atoms with Gasteiger partial charge in [-0.25, -0.2) is 0 Å². The standard InChI is InChI=1S/C18H35.Na.H2O4S/c1-3-5-7-9-11-13-15-17-18-16-14-12-10-8-6-4-2;;1-5(2,3)4/h17-18H,1,3-16H2,2H3;;(H2,1,2,3,4)/b18-17-;;. The van der Waals surface area contributed by atoms with E-state index in [0.29, 0.717) is 0 Å². The SMILES string of the molecule is CCCCCCCC/C=C\CCCCCCC[CH2][Na].O=S(=O)(O)O. The van der Waals surface area contributed by atoms with E-state index >= 15 is 0 Å². The molecule has 0 atom stereocenters. The molecule has 140 valence electrons. The minimum absolute atomic E-state index is 1.31. The molecule has 0 aliphatic carbocycles. The molecule has 0 aromatic heterocycles. The quantitative estimate of drug-likeness (QED) is 0.161. The topological polar surface area (TPSA) is 74.6 Å². The van der Waals surface area contributed by atoms with Gasteiger partial charge >= 0.3 is 112 Å². The van der Waals surface area contributed by atoms with E-state index in [1.165, 1.54) is 121 Å². The molecule has 0 radical (unpaired) electrons. The van der Waals surface area contributed by atoms with Crippen LogP contribution >= 0.6 is 0 Å². The van der Waals surface area contributed by atoms with E-state index in [1.54, 1.807) is 0 Å². The summed E-state index contributed by atoms with van der Waals surface area (Å²) in [4.78, 5) is 0. The van der Waals surface area contributed by atoms with Crippen LogP contribution < -0.4 is 0 Å². The zero-order valence-corrected chi connectivity index (χ0v) is 18.7. The second-order valence-corrected chi connectivity index (χ2v) is 8.28. The van der Waals surface area contributed by atoms with Crippen LogP contribution in [0.4, 0.5) is 0 Å². The van der Waals surface area contributed by atoms with Crippen molar-refractivity contribution in [2.24, 2.45) is 0 Å². The van der Waals surface area contributed by atoms with Gasteiger partial charge in [-0.05, 0) is 0 Å². The average molecular weight is 373 g/mol. The van der Waals surface area contributed by atoms with E-state index < -0.39 is 10.4 Å². The van der Waals surface area contributed by atoms with Crippen molar-refractivity contribution in [2.75, 3.05) is 0 Å². The van der Waals surface area contributed by atoms with Gasteiger partial charge in [0.2, 0.25) is 0 Å². The van der Waals surface area contributed by atoms with Gasteiger partial charge in [-0.15, -0.1) is 0 Å². The predicted octanol–water partition coefficient (Wildman–Crippen LogP) is 5.96. The summed E-state index contributed by atoms with van der Waals surface area (Å²) < 4.78 is 33.1. The summed E-state index contributed by atoms with van der Waals surface area (Å²) >= 11 is 1.40. The normalized spacial score (nSPS) is 11.5. The maximum Gasteiger partial charge on any atom is 0.394 e.